The average molecular weight is 270 g/mol. The number of thioether (sulfide) groups is 1. The number of carbonyl (C=O) groups excluding carboxylic acids is 1. The van der Waals surface area contributed by atoms with Gasteiger partial charge in [0.1, 0.15) is 5.75 Å². The number of hydrogen-bond acceptors (Lipinski definition) is 5. The number of carbonyl (C=O) groups is 1. The summed E-state index contributed by atoms with van der Waals surface area (Å²) in [6.07, 6.45) is 0. The molecular formula is C11H14N2O2S2. The Morgan fingerprint density at radius 2 is 2.18 bits per heavy atom. The van der Waals surface area contributed by atoms with Gasteiger partial charge in [0.2, 0.25) is 0 Å². The molecule has 0 bridgehead atoms. The third-order valence-corrected chi connectivity index (χ3v) is 3.30. The van der Waals surface area contributed by atoms with Crippen LogP contribution in [0, 0.1) is 0 Å². The summed E-state index contributed by atoms with van der Waals surface area (Å²) >= 11 is 6.38. The number of amides is 1. The number of thiocarbonyl (C=S) groups is 1. The van der Waals surface area contributed by atoms with Crippen molar-refractivity contribution in [3.05, 3.63) is 29.8 Å². The van der Waals surface area contributed by atoms with Gasteiger partial charge in [-0.2, -0.15) is 0 Å². The smallest absolute Gasteiger partial charge is 0.277 e. The van der Waals surface area contributed by atoms with Crippen LogP contribution in [-0.4, -0.2) is 28.1 Å². The molecular weight excluding hydrogens is 256 g/mol. The Labute approximate surface area is 110 Å². The van der Waals surface area contributed by atoms with Gasteiger partial charge in [-0.3, -0.25) is 4.79 Å². The van der Waals surface area contributed by atoms with E-state index in [1.807, 2.05) is 6.92 Å². The molecule has 0 unspecified atom stereocenters. The first-order valence-corrected chi connectivity index (χ1v) is 6.40. The van der Waals surface area contributed by atoms with E-state index in [1.165, 1.54) is 18.9 Å². The van der Waals surface area contributed by atoms with E-state index in [2.05, 4.69) is 0 Å². The van der Waals surface area contributed by atoms with Crippen LogP contribution < -0.4 is 10.6 Å². The lowest BCUT2D eigenvalue weighted by atomic mass is 10.2. The number of rotatable bonds is 3. The number of ether oxygens (including phenoxy) is 1. The van der Waals surface area contributed by atoms with Crippen molar-refractivity contribution in [2.75, 3.05) is 12.9 Å². The monoisotopic (exact) mass is 270 g/mol. The molecule has 0 spiro atoms. The summed E-state index contributed by atoms with van der Waals surface area (Å²) in [5, 5.41) is 0.974. The molecule has 0 atom stereocenters. The highest BCUT2D eigenvalue weighted by atomic mass is 32.2. The highest BCUT2D eigenvalue weighted by Crippen LogP contribution is 2.19. The van der Waals surface area contributed by atoms with Crippen LogP contribution in [0.5, 0.6) is 5.75 Å². The maximum atomic E-state index is 12.1. The Hall–Kier alpha value is -1.11. The van der Waals surface area contributed by atoms with Crippen LogP contribution in [0.25, 0.3) is 0 Å². The van der Waals surface area contributed by atoms with Crippen LogP contribution >= 0.6 is 24.0 Å². The van der Waals surface area contributed by atoms with E-state index in [1.54, 1.807) is 24.3 Å². The van der Waals surface area contributed by atoms with E-state index in [-0.39, 0.29) is 5.91 Å². The molecule has 6 heteroatoms. The Morgan fingerprint density at radius 1 is 1.53 bits per heavy atom. The van der Waals surface area contributed by atoms with Crippen LogP contribution in [0.2, 0.25) is 0 Å². The summed E-state index contributed by atoms with van der Waals surface area (Å²) in [5.74, 6) is 6.55. The fourth-order valence-electron chi connectivity index (χ4n) is 1.23. The first-order valence-electron chi connectivity index (χ1n) is 5.00. The predicted molar refractivity (Wildman–Crippen MR) is 74.1 cm³/mol. The van der Waals surface area contributed by atoms with Crippen molar-refractivity contribution in [3.8, 4) is 5.75 Å². The lowest BCUT2D eigenvalue weighted by Crippen LogP contribution is -2.40. The molecule has 0 heterocycles. The van der Waals surface area contributed by atoms with Crippen LogP contribution in [-0.2, 0) is 0 Å². The summed E-state index contributed by atoms with van der Waals surface area (Å²) in [6.45, 7) is 1.94. The van der Waals surface area contributed by atoms with Gasteiger partial charge < -0.3 is 4.74 Å². The minimum atomic E-state index is -0.367. The first-order chi connectivity index (χ1) is 8.11. The van der Waals surface area contributed by atoms with E-state index in [9.17, 15) is 4.79 Å². The Morgan fingerprint density at radius 3 is 2.76 bits per heavy atom. The third kappa shape index (κ3) is 3.42. The van der Waals surface area contributed by atoms with Crippen molar-refractivity contribution in [2.24, 2.45) is 5.84 Å². The first kappa shape index (κ1) is 14.0. The molecule has 1 rings (SSSR count). The zero-order valence-corrected chi connectivity index (χ0v) is 11.3. The molecule has 0 aromatic heterocycles. The lowest BCUT2D eigenvalue weighted by Gasteiger charge is -2.17. The van der Waals surface area contributed by atoms with Crippen LogP contribution in [0.1, 0.15) is 17.3 Å². The molecule has 0 saturated carbocycles. The van der Waals surface area contributed by atoms with Gasteiger partial charge in [-0.25, -0.2) is 10.9 Å². The number of methoxy groups -OCH3 is 1. The van der Waals surface area contributed by atoms with Gasteiger partial charge in [-0.05, 0) is 17.9 Å². The SMILES string of the molecule is CCSC(=S)N(N)C(=O)c1ccccc1OC. The van der Waals surface area contributed by atoms with Crippen molar-refractivity contribution in [2.45, 2.75) is 6.92 Å². The summed E-state index contributed by atoms with van der Waals surface area (Å²) < 4.78 is 5.45. The number of nitrogens with two attached hydrogens (primary N) is 1. The number of hydrogen-bond donors (Lipinski definition) is 1. The summed E-state index contributed by atoms with van der Waals surface area (Å²) in [4.78, 5) is 12.1. The second kappa shape index (κ2) is 6.58. The van der Waals surface area contributed by atoms with Crippen molar-refractivity contribution in [1.29, 1.82) is 0 Å². The molecule has 0 fully saturated rings. The highest BCUT2D eigenvalue weighted by Gasteiger charge is 2.19. The van der Waals surface area contributed by atoms with E-state index >= 15 is 0 Å². The van der Waals surface area contributed by atoms with Gasteiger partial charge in [-0.15, -0.1) is 0 Å². The second-order valence-corrected chi connectivity index (χ2v) is 4.97. The quantitative estimate of drug-likeness (QED) is 0.394. The summed E-state index contributed by atoms with van der Waals surface area (Å²) in [7, 11) is 1.51. The molecule has 1 aromatic carbocycles. The maximum Gasteiger partial charge on any atom is 0.277 e. The van der Waals surface area contributed by atoms with Crippen molar-refractivity contribution in [1.82, 2.24) is 5.01 Å². The highest BCUT2D eigenvalue weighted by molar-refractivity contribution is 8.22. The average Bonchev–Trinajstić information content (AvgIpc) is 2.37. The van der Waals surface area contributed by atoms with E-state index in [0.29, 0.717) is 15.6 Å². The minimum absolute atomic E-state index is 0.350. The molecule has 0 aliphatic rings. The van der Waals surface area contributed by atoms with Gasteiger partial charge >= 0.3 is 0 Å². The zero-order valence-electron chi connectivity index (χ0n) is 9.67. The minimum Gasteiger partial charge on any atom is -0.496 e. The third-order valence-electron chi connectivity index (χ3n) is 2.02. The van der Waals surface area contributed by atoms with Crippen molar-refractivity contribution < 1.29 is 9.53 Å². The molecule has 1 amide bonds. The van der Waals surface area contributed by atoms with Crippen LogP contribution in [0.3, 0.4) is 0 Å². The van der Waals surface area contributed by atoms with Crippen molar-refractivity contribution >= 4 is 34.2 Å². The van der Waals surface area contributed by atoms with Crippen molar-refractivity contribution in [3.63, 3.8) is 0 Å². The molecule has 1 aromatic rings. The Kier molecular flexibility index (Phi) is 5.40. The van der Waals surface area contributed by atoms with Crippen LogP contribution in [0.4, 0.5) is 0 Å². The van der Waals surface area contributed by atoms with E-state index < -0.39 is 0 Å². The molecule has 92 valence electrons. The lowest BCUT2D eigenvalue weighted by molar-refractivity contribution is 0.0849. The second-order valence-electron chi connectivity index (χ2n) is 3.07. The topological polar surface area (TPSA) is 55.6 Å². The van der Waals surface area contributed by atoms with Gasteiger partial charge in [0.05, 0.1) is 12.7 Å². The molecule has 0 saturated heterocycles. The molecule has 0 radical (unpaired) electrons. The summed E-state index contributed by atoms with van der Waals surface area (Å²) in [6, 6.07) is 6.90. The standard InChI is InChI=1S/C11H14N2O2S2/c1-3-17-11(16)13(12)10(14)8-6-4-5-7-9(8)15-2/h4-7H,3,12H2,1-2H3. The molecule has 17 heavy (non-hydrogen) atoms. The normalized spacial score (nSPS) is 9.82. The maximum absolute atomic E-state index is 12.1. The molecule has 4 nitrogen and oxygen atoms in total. The van der Waals surface area contributed by atoms with Gasteiger partial charge in [0, 0.05) is 0 Å². The molecule has 0 aliphatic carbocycles. The van der Waals surface area contributed by atoms with E-state index in [0.717, 1.165) is 10.8 Å². The van der Waals surface area contributed by atoms with Gasteiger partial charge in [0.15, 0.2) is 4.32 Å². The fourth-order valence-corrected chi connectivity index (χ4v) is 2.13. The predicted octanol–water partition coefficient (Wildman–Crippen LogP) is 2.05. The largest absolute Gasteiger partial charge is 0.496 e. The van der Waals surface area contributed by atoms with Gasteiger partial charge in [-0.1, -0.05) is 43.0 Å². The fraction of sp³-hybridized carbons (Fsp3) is 0.273. The number of nitrogens with zero attached hydrogens (tertiary/aromatic N) is 1. The molecule has 2 N–H and O–H groups in total. The van der Waals surface area contributed by atoms with E-state index in [4.69, 9.17) is 22.8 Å². The number of para-hydroxylation sites is 1. The Balaban J connectivity index is 2.92. The molecule has 0 aliphatic heterocycles. The van der Waals surface area contributed by atoms with Crippen LogP contribution in [0.15, 0.2) is 24.3 Å². The van der Waals surface area contributed by atoms with Gasteiger partial charge in [0.25, 0.3) is 5.91 Å². The Bertz CT molecular complexity index is 424. The zero-order chi connectivity index (χ0) is 12.8. The summed E-state index contributed by atoms with van der Waals surface area (Å²) in [5.41, 5.74) is 0.400. The number of hydrazine groups is 1. The number of benzene rings is 1.